The zero-order chi connectivity index (χ0) is 14.9. The second kappa shape index (κ2) is 5.01. The lowest BCUT2D eigenvalue weighted by Gasteiger charge is -2.14. The SMILES string of the molecule is C=Cc1c(C(=O)O)c(C(=O)O)c2ccccc2c1C=C. The molecule has 2 rings (SSSR count). The Morgan fingerprint density at radius 1 is 0.850 bits per heavy atom. The zero-order valence-electron chi connectivity index (χ0n) is 10.6. The molecule has 4 nitrogen and oxygen atoms in total. The van der Waals surface area contributed by atoms with Gasteiger partial charge in [0.15, 0.2) is 0 Å². The highest BCUT2D eigenvalue weighted by Crippen LogP contribution is 2.32. The Labute approximate surface area is 115 Å². The van der Waals surface area contributed by atoms with E-state index in [1.165, 1.54) is 12.2 Å². The molecule has 0 spiro atoms. The minimum absolute atomic E-state index is 0.228. The van der Waals surface area contributed by atoms with Crippen molar-refractivity contribution in [3.05, 3.63) is 59.7 Å². The Morgan fingerprint density at radius 3 is 1.80 bits per heavy atom. The highest BCUT2D eigenvalue weighted by Gasteiger charge is 2.24. The number of hydrogen-bond donors (Lipinski definition) is 2. The van der Waals surface area contributed by atoms with Crippen molar-refractivity contribution in [2.45, 2.75) is 0 Å². The highest BCUT2D eigenvalue weighted by atomic mass is 16.4. The normalized spacial score (nSPS) is 10.2. The predicted molar refractivity (Wildman–Crippen MR) is 78.0 cm³/mol. The van der Waals surface area contributed by atoms with Gasteiger partial charge in [0.25, 0.3) is 0 Å². The predicted octanol–water partition coefficient (Wildman–Crippen LogP) is 3.52. The van der Waals surface area contributed by atoms with Crippen molar-refractivity contribution in [3.8, 4) is 0 Å². The minimum Gasteiger partial charge on any atom is -0.478 e. The molecule has 2 aromatic rings. The number of carboxylic acids is 2. The molecule has 0 bridgehead atoms. The molecule has 2 N–H and O–H groups in total. The van der Waals surface area contributed by atoms with Crippen LogP contribution in [0.4, 0.5) is 0 Å². The second-order valence-electron chi connectivity index (χ2n) is 4.14. The number of benzene rings is 2. The molecule has 0 fully saturated rings. The van der Waals surface area contributed by atoms with Crippen LogP contribution < -0.4 is 0 Å². The Hall–Kier alpha value is -2.88. The van der Waals surface area contributed by atoms with E-state index in [0.717, 1.165) is 0 Å². The molecule has 4 heteroatoms. The number of aromatic carboxylic acids is 2. The van der Waals surface area contributed by atoms with Gasteiger partial charge in [-0.2, -0.15) is 0 Å². The molecule has 0 atom stereocenters. The van der Waals surface area contributed by atoms with Gasteiger partial charge >= 0.3 is 11.9 Å². The van der Waals surface area contributed by atoms with Gasteiger partial charge in [-0.05, 0) is 21.9 Å². The van der Waals surface area contributed by atoms with Crippen LogP contribution in [0, 0.1) is 0 Å². The Bertz CT molecular complexity index is 757. The van der Waals surface area contributed by atoms with Gasteiger partial charge in [-0.15, -0.1) is 0 Å². The van der Waals surface area contributed by atoms with Crippen LogP contribution in [0.3, 0.4) is 0 Å². The summed E-state index contributed by atoms with van der Waals surface area (Å²) < 4.78 is 0. The summed E-state index contributed by atoms with van der Waals surface area (Å²) in [7, 11) is 0. The Morgan fingerprint density at radius 2 is 1.35 bits per heavy atom. The second-order valence-corrected chi connectivity index (χ2v) is 4.14. The molecule has 0 amide bonds. The lowest BCUT2D eigenvalue weighted by atomic mass is 9.89. The smallest absolute Gasteiger partial charge is 0.337 e. The molecule has 20 heavy (non-hydrogen) atoms. The van der Waals surface area contributed by atoms with Crippen molar-refractivity contribution in [2.24, 2.45) is 0 Å². The van der Waals surface area contributed by atoms with Crippen LogP contribution in [0.25, 0.3) is 22.9 Å². The van der Waals surface area contributed by atoms with E-state index in [4.69, 9.17) is 0 Å². The molecule has 0 saturated carbocycles. The van der Waals surface area contributed by atoms with E-state index in [-0.39, 0.29) is 16.7 Å². The molecular weight excluding hydrogens is 256 g/mol. The van der Waals surface area contributed by atoms with Crippen LogP contribution in [-0.4, -0.2) is 22.2 Å². The molecule has 0 aliphatic heterocycles. The van der Waals surface area contributed by atoms with E-state index < -0.39 is 11.9 Å². The fraction of sp³-hybridized carbons (Fsp3) is 0. The van der Waals surface area contributed by atoms with Crippen molar-refractivity contribution < 1.29 is 19.8 Å². The Kier molecular flexibility index (Phi) is 3.39. The van der Waals surface area contributed by atoms with Gasteiger partial charge < -0.3 is 10.2 Å². The molecule has 0 aromatic heterocycles. The topological polar surface area (TPSA) is 74.6 Å². The van der Waals surface area contributed by atoms with Crippen LogP contribution in [0.5, 0.6) is 0 Å². The van der Waals surface area contributed by atoms with Gasteiger partial charge in [0.05, 0.1) is 11.1 Å². The fourth-order valence-corrected chi connectivity index (χ4v) is 2.36. The molecule has 0 aliphatic rings. The van der Waals surface area contributed by atoms with Crippen molar-refractivity contribution >= 4 is 34.9 Å². The summed E-state index contributed by atoms with van der Waals surface area (Å²) in [6.07, 6.45) is 2.86. The van der Waals surface area contributed by atoms with E-state index >= 15 is 0 Å². The summed E-state index contributed by atoms with van der Waals surface area (Å²) in [6.45, 7) is 7.26. The molecule has 0 unspecified atom stereocenters. The van der Waals surface area contributed by atoms with Crippen molar-refractivity contribution in [1.29, 1.82) is 0 Å². The van der Waals surface area contributed by atoms with Gasteiger partial charge in [-0.25, -0.2) is 9.59 Å². The summed E-state index contributed by atoms with van der Waals surface area (Å²) >= 11 is 0. The van der Waals surface area contributed by atoms with E-state index in [9.17, 15) is 19.8 Å². The average molecular weight is 268 g/mol. The molecule has 0 heterocycles. The largest absolute Gasteiger partial charge is 0.478 e. The van der Waals surface area contributed by atoms with E-state index in [0.29, 0.717) is 16.3 Å². The number of fused-ring (bicyclic) bond motifs is 1. The first-order valence-corrected chi connectivity index (χ1v) is 5.83. The first kappa shape index (κ1) is 13.5. The third-order valence-corrected chi connectivity index (χ3v) is 3.13. The summed E-state index contributed by atoms with van der Waals surface area (Å²) in [4.78, 5) is 23.0. The molecular formula is C16H12O4. The first-order chi connectivity index (χ1) is 9.52. The zero-order valence-corrected chi connectivity index (χ0v) is 10.6. The van der Waals surface area contributed by atoms with Gasteiger partial charge in [0.1, 0.15) is 0 Å². The van der Waals surface area contributed by atoms with Gasteiger partial charge in [-0.1, -0.05) is 49.6 Å². The van der Waals surface area contributed by atoms with Crippen LogP contribution in [0.15, 0.2) is 37.4 Å². The maximum Gasteiger partial charge on any atom is 0.337 e. The van der Waals surface area contributed by atoms with Crippen LogP contribution in [0.1, 0.15) is 31.8 Å². The summed E-state index contributed by atoms with van der Waals surface area (Å²) in [6, 6.07) is 6.75. The molecule has 0 aliphatic carbocycles. The fourth-order valence-electron chi connectivity index (χ4n) is 2.36. The third kappa shape index (κ3) is 1.87. The van der Waals surface area contributed by atoms with Crippen molar-refractivity contribution in [1.82, 2.24) is 0 Å². The third-order valence-electron chi connectivity index (χ3n) is 3.13. The maximum absolute atomic E-state index is 11.5. The summed E-state index contributed by atoms with van der Waals surface area (Å²) in [5, 5.41) is 19.7. The standard InChI is InChI=1S/C16H12O4/c1-3-9-10(4-2)13(15(17)18)14(16(19)20)12-8-6-5-7-11(9)12/h3-8H,1-2H2,(H,17,18)(H,19,20). The molecule has 0 saturated heterocycles. The lowest BCUT2D eigenvalue weighted by Crippen LogP contribution is -2.12. The number of hydrogen-bond acceptors (Lipinski definition) is 2. The Balaban J connectivity index is 3.18. The van der Waals surface area contributed by atoms with Crippen LogP contribution in [0.2, 0.25) is 0 Å². The van der Waals surface area contributed by atoms with E-state index in [1.807, 2.05) is 0 Å². The van der Waals surface area contributed by atoms with Crippen molar-refractivity contribution in [2.75, 3.05) is 0 Å². The van der Waals surface area contributed by atoms with Crippen LogP contribution in [-0.2, 0) is 0 Å². The monoisotopic (exact) mass is 268 g/mol. The van der Waals surface area contributed by atoms with Crippen molar-refractivity contribution in [3.63, 3.8) is 0 Å². The number of rotatable bonds is 4. The maximum atomic E-state index is 11.5. The van der Waals surface area contributed by atoms with Gasteiger partial charge in [0, 0.05) is 0 Å². The van der Waals surface area contributed by atoms with E-state index in [1.54, 1.807) is 24.3 Å². The average Bonchev–Trinajstić information content (AvgIpc) is 2.43. The number of carbonyl (C=O) groups is 2. The van der Waals surface area contributed by atoms with E-state index in [2.05, 4.69) is 13.2 Å². The quantitative estimate of drug-likeness (QED) is 0.889. The van der Waals surface area contributed by atoms with Crippen LogP contribution >= 0.6 is 0 Å². The summed E-state index contributed by atoms with van der Waals surface area (Å²) in [5.41, 5.74) is 0.344. The summed E-state index contributed by atoms with van der Waals surface area (Å²) in [5.74, 6) is -2.58. The number of carboxylic acid groups (broad SMARTS) is 2. The molecule has 0 radical (unpaired) electrons. The van der Waals surface area contributed by atoms with Gasteiger partial charge in [0.2, 0.25) is 0 Å². The first-order valence-electron chi connectivity index (χ1n) is 5.83. The molecule has 2 aromatic carbocycles. The van der Waals surface area contributed by atoms with Gasteiger partial charge in [-0.3, -0.25) is 0 Å². The molecule has 100 valence electrons. The lowest BCUT2D eigenvalue weighted by molar-refractivity contribution is 0.0653. The minimum atomic E-state index is -1.30. The highest BCUT2D eigenvalue weighted by molar-refractivity contribution is 6.16.